The van der Waals surface area contributed by atoms with Crippen molar-refractivity contribution in [2.75, 3.05) is 15.7 Å². The topological polar surface area (TPSA) is 70.6 Å². The molecule has 1 aromatic heterocycles. The van der Waals surface area contributed by atoms with E-state index in [-0.39, 0.29) is 10.8 Å². The average Bonchev–Trinajstić information content (AvgIpc) is 3.60. The lowest BCUT2D eigenvalue weighted by molar-refractivity contribution is 0.0985. The molecule has 0 spiro atoms. The maximum Gasteiger partial charge on any atom is 0.264 e. The Balaban J connectivity index is 1.34. The normalized spacial score (nSPS) is 13.0. The van der Waals surface area contributed by atoms with Crippen LogP contribution < -0.4 is 9.21 Å². The Kier molecular flexibility index (Phi) is 6.62. The van der Waals surface area contributed by atoms with E-state index in [1.165, 1.54) is 27.8 Å². The van der Waals surface area contributed by atoms with Gasteiger partial charge in [-0.15, -0.1) is 0 Å². The molecule has 5 aromatic rings. The van der Waals surface area contributed by atoms with Gasteiger partial charge in [0.25, 0.3) is 15.9 Å². The summed E-state index contributed by atoms with van der Waals surface area (Å²) in [5.74, 6) is -0.276. The summed E-state index contributed by atoms with van der Waals surface area (Å²) in [6.45, 7) is 2.66. The molecular weight excluding hydrogens is 550 g/mol. The monoisotopic (exact) mass is 573 g/mol. The lowest BCUT2D eigenvalue weighted by atomic mass is 10.1. The number of aromatic nitrogens is 1. The summed E-state index contributed by atoms with van der Waals surface area (Å²) in [7, 11) is -3.76. The zero-order valence-corrected chi connectivity index (χ0v) is 23.4. The molecule has 0 bridgehead atoms. The Morgan fingerprint density at radius 2 is 1.69 bits per heavy atom. The second kappa shape index (κ2) is 10.1. The molecule has 0 atom stereocenters. The third-order valence-electron chi connectivity index (χ3n) is 6.88. The number of nitrogens with zero attached hydrogens (tertiary/aromatic N) is 3. The van der Waals surface area contributed by atoms with Crippen LogP contribution in [0.3, 0.4) is 0 Å². The second-order valence-corrected chi connectivity index (χ2v) is 12.6. The Bertz CT molecular complexity index is 1760. The number of fused-ring (bicyclic) bond motifs is 2. The van der Waals surface area contributed by atoms with E-state index >= 15 is 0 Å². The first kappa shape index (κ1) is 25.6. The van der Waals surface area contributed by atoms with E-state index in [9.17, 15) is 13.2 Å². The molecule has 1 aliphatic rings. The van der Waals surface area contributed by atoms with Crippen molar-refractivity contribution >= 4 is 59.9 Å². The maximum atomic E-state index is 13.9. The molecule has 6 nitrogen and oxygen atoms in total. The van der Waals surface area contributed by atoms with Gasteiger partial charge in [0, 0.05) is 12.1 Å². The van der Waals surface area contributed by atoms with Crippen LogP contribution in [0.25, 0.3) is 10.2 Å². The SMILES string of the molecule is Cc1ccc(Cl)c2sc(N(Cc3ccccc3)C(=O)c3ccc(S(=O)(=O)N4CCc5ccccc54)cc3)nc12. The number of anilines is 2. The Morgan fingerprint density at radius 3 is 2.44 bits per heavy atom. The van der Waals surface area contributed by atoms with Crippen LogP contribution in [-0.2, 0) is 23.0 Å². The van der Waals surface area contributed by atoms with Crippen molar-refractivity contribution in [3.05, 3.63) is 118 Å². The van der Waals surface area contributed by atoms with E-state index in [4.69, 9.17) is 16.6 Å². The first-order valence-corrected chi connectivity index (χ1v) is 15.1. The van der Waals surface area contributed by atoms with Crippen molar-refractivity contribution in [2.24, 2.45) is 0 Å². The molecule has 39 heavy (non-hydrogen) atoms. The zero-order chi connectivity index (χ0) is 27.1. The molecule has 0 fully saturated rings. The van der Waals surface area contributed by atoms with Gasteiger partial charge in [-0.2, -0.15) is 0 Å². The maximum absolute atomic E-state index is 13.9. The second-order valence-electron chi connectivity index (χ2n) is 9.40. The number of carbonyl (C=O) groups excluding carboxylic acids is 1. The molecule has 0 radical (unpaired) electrons. The van der Waals surface area contributed by atoms with Crippen molar-refractivity contribution in [2.45, 2.75) is 24.8 Å². The fraction of sp³-hybridized carbons (Fsp3) is 0.133. The fourth-order valence-corrected chi connectivity index (χ4v) is 7.63. The molecule has 0 saturated carbocycles. The van der Waals surface area contributed by atoms with Gasteiger partial charge in [-0.1, -0.05) is 77.5 Å². The summed E-state index contributed by atoms with van der Waals surface area (Å²) >= 11 is 7.82. The van der Waals surface area contributed by atoms with Gasteiger partial charge in [-0.05, 0) is 66.4 Å². The van der Waals surface area contributed by atoms with Crippen LogP contribution in [0.2, 0.25) is 5.02 Å². The molecule has 0 aliphatic carbocycles. The molecule has 0 N–H and O–H groups in total. The number of para-hydroxylation sites is 1. The molecule has 9 heteroatoms. The highest BCUT2D eigenvalue weighted by atomic mass is 35.5. The number of halogens is 1. The van der Waals surface area contributed by atoms with Gasteiger partial charge < -0.3 is 0 Å². The van der Waals surface area contributed by atoms with E-state index < -0.39 is 10.0 Å². The van der Waals surface area contributed by atoms with Crippen LogP contribution in [0, 0.1) is 6.92 Å². The van der Waals surface area contributed by atoms with Gasteiger partial charge in [0.15, 0.2) is 5.13 Å². The molecule has 0 unspecified atom stereocenters. The third kappa shape index (κ3) is 4.69. The average molecular weight is 574 g/mol. The van der Waals surface area contributed by atoms with Crippen molar-refractivity contribution in [3.63, 3.8) is 0 Å². The van der Waals surface area contributed by atoms with Gasteiger partial charge in [-0.25, -0.2) is 13.4 Å². The number of carbonyl (C=O) groups is 1. The van der Waals surface area contributed by atoms with Crippen LogP contribution in [0.1, 0.15) is 27.0 Å². The summed E-state index contributed by atoms with van der Waals surface area (Å²) in [6.07, 6.45) is 0.673. The minimum absolute atomic E-state index is 0.146. The smallest absolute Gasteiger partial charge is 0.264 e. The van der Waals surface area contributed by atoms with Gasteiger partial charge in [0.2, 0.25) is 0 Å². The van der Waals surface area contributed by atoms with E-state index in [0.717, 1.165) is 26.9 Å². The molecule has 0 saturated heterocycles. The van der Waals surface area contributed by atoms with Gasteiger partial charge >= 0.3 is 0 Å². The zero-order valence-electron chi connectivity index (χ0n) is 21.0. The van der Waals surface area contributed by atoms with E-state index in [1.807, 2.05) is 73.7 Å². The number of benzene rings is 4. The molecule has 2 heterocycles. The van der Waals surface area contributed by atoms with Crippen LogP contribution >= 0.6 is 22.9 Å². The fourth-order valence-electron chi connectivity index (χ4n) is 4.81. The van der Waals surface area contributed by atoms with Crippen molar-refractivity contribution in [1.29, 1.82) is 0 Å². The number of sulfonamides is 1. The van der Waals surface area contributed by atoms with Crippen LogP contribution in [0.5, 0.6) is 0 Å². The van der Waals surface area contributed by atoms with Gasteiger partial charge in [0.1, 0.15) is 0 Å². The van der Waals surface area contributed by atoms with Crippen LogP contribution in [0.4, 0.5) is 10.8 Å². The number of thiazole rings is 1. The van der Waals surface area contributed by atoms with Crippen LogP contribution in [0.15, 0.2) is 95.9 Å². The predicted molar refractivity (Wildman–Crippen MR) is 157 cm³/mol. The van der Waals surface area contributed by atoms with Crippen molar-refractivity contribution < 1.29 is 13.2 Å². The minimum Gasteiger partial charge on any atom is -0.279 e. The predicted octanol–water partition coefficient (Wildman–Crippen LogP) is 6.86. The number of aryl methyl sites for hydroxylation is 1. The van der Waals surface area contributed by atoms with Crippen LogP contribution in [-0.4, -0.2) is 25.9 Å². The number of hydrogen-bond acceptors (Lipinski definition) is 5. The largest absolute Gasteiger partial charge is 0.279 e. The minimum atomic E-state index is -3.76. The first-order chi connectivity index (χ1) is 18.8. The molecule has 6 rings (SSSR count). The van der Waals surface area contributed by atoms with Crippen molar-refractivity contribution in [3.8, 4) is 0 Å². The number of rotatable bonds is 6. The van der Waals surface area contributed by atoms with Gasteiger partial charge in [0.05, 0.1) is 32.4 Å². The summed E-state index contributed by atoms with van der Waals surface area (Å²) in [5, 5.41) is 1.12. The number of amides is 1. The molecule has 1 aliphatic heterocycles. The highest BCUT2D eigenvalue weighted by molar-refractivity contribution is 7.92. The standard InChI is InChI=1S/C30H24ClN3O3S2/c1-20-11-16-25(31)28-27(20)32-30(38-28)33(19-21-7-3-2-4-8-21)29(35)23-12-14-24(15-13-23)39(36,37)34-18-17-22-9-5-6-10-26(22)34/h2-16H,17-19H2,1H3. The van der Waals surface area contributed by atoms with E-state index in [0.29, 0.717) is 40.9 Å². The highest BCUT2D eigenvalue weighted by Gasteiger charge is 2.31. The molecule has 4 aromatic carbocycles. The summed E-state index contributed by atoms with van der Waals surface area (Å²) in [6, 6.07) is 27.1. The lowest BCUT2D eigenvalue weighted by Gasteiger charge is -2.21. The Labute approximate surface area is 236 Å². The molecular formula is C30H24ClN3O3S2. The molecule has 1 amide bonds. The van der Waals surface area contributed by atoms with E-state index in [2.05, 4.69) is 0 Å². The third-order valence-corrected chi connectivity index (χ3v) is 10.2. The summed E-state index contributed by atoms with van der Waals surface area (Å²) in [5.41, 5.74) is 4.77. The Hall–Kier alpha value is -3.72. The van der Waals surface area contributed by atoms with E-state index in [1.54, 1.807) is 17.0 Å². The molecule has 196 valence electrons. The van der Waals surface area contributed by atoms with Gasteiger partial charge in [-0.3, -0.25) is 14.0 Å². The lowest BCUT2D eigenvalue weighted by Crippen LogP contribution is -2.31. The first-order valence-electron chi connectivity index (χ1n) is 12.4. The Morgan fingerprint density at radius 1 is 0.974 bits per heavy atom. The summed E-state index contributed by atoms with van der Waals surface area (Å²) < 4.78 is 29.2. The highest BCUT2D eigenvalue weighted by Crippen LogP contribution is 2.37. The van der Waals surface area contributed by atoms with Crippen molar-refractivity contribution in [1.82, 2.24) is 4.98 Å². The summed E-state index contributed by atoms with van der Waals surface area (Å²) in [4.78, 5) is 20.4. The quantitative estimate of drug-likeness (QED) is 0.222. The number of hydrogen-bond donors (Lipinski definition) is 0.